The molecule has 2 aromatic carbocycles. The molecule has 0 radical (unpaired) electrons. The third-order valence-electron chi connectivity index (χ3n) is 3.72. The molecule has 0 saturated heterocycles. The molecule has 144 valence electrons. The van der Waals surface area contributed by atoms with Gasteiger partial charge >= 0.3 is 0 Å². The van der Waals surface area contributed by atoms with Crippen LogP contribution >= 0.6 is 22.9 Å². The Hall–Kier alpha value is -2.83. The summed E-state index contributed by atoms with van der Waals surface area (Å²) >= 11 is 7.65. The minimum Gasteiger partial charge on any atom is -0.490 e. The van der Waals surface area contributed by atoms with Crippen molar-refractivity contribution in [1.29, 1.82) is 0 Å². The molecule has 1 amide bonds. The average Bonchev–Trinajstić information content (AvgIpc) is 3.21. The molecule has 1 heterocycles. The lowest BCUT2D eigenvalue weighted by molar-refractivity contribution is 0.0955. The molecule has 1 aromatic heterocycles. The number of hydrazone groups is 1. The molecular weight excluding hydrogens is 396 g/mol. The van der Waals surface area contributed by atoms with Gasteiger partial charge in [0, 0.05) is 4.88 Å². The monoisotopic (exact) mass is 414 g/mol. The molecule has 0 aliphatic carbocycles. The number of carbonyl (C=O) groups is 1. The maximum atomic E-state index is 12.1. The molecule has 0 atom stereocenters. The molecule has 0 aliphatic rings. The quantitative estimate of drug-likeness (QED) is 0.410. The second kappa shape index (κ2) is 9.92. The highest BCUT2D eigenvalue weighted by molar-refractivity contribution is 7.09. The van der Waals surface area contributed by atoms with Gasteiger partial charge in [0.05, 0.1) is 23.4 Å². The Morgan fingerprint density at radius 2 is 2.00 bits per heavy atom. The van der Waals surface area contributed by atoms with Crippen molar-refractivity contribution in [2.45, 2.75) is 13.5 Å². The lowest BCUT2D eigenvalue weighted by atomic mass is 10.2. The maximum absolute atomic E-state index is 12.1. The zero-order valence-corrected chi connectivity index (χ0v) is 16.8. The molecule has 0 spiro atoms. The Morgan fingerprint density at radius 1 is 1.14 bits per heavy atom. The molecule has 3 rings (SSSR count). The molecule has 0 bridgehead atoms. The normalized spacial score (nSPS) is 10.8. The van der Waals surface area contributed by atoms with Crippen molar-refractivity contribution in [2.24, 2.45) is 5.10 Å². The predicted octanol–water partition coefficient (Wildman–Crippen LogP) is 5.14. The van der Waals surface area contributed by atoms with Crippen LogP contribution in [0.2, 0.25) is 5.02 Å². The summed E-state index contributed by atoms with van der Waals surface area (Å²) in [7, 11) is 0. The van der Waals surface area contributed by atoms with E-state index in [0.29, 0.717) is 35.3 Å². The van der Waals surface area contributed by atoms with Gasteiger partial charge in [0.2, 0.25) is 0 Å². The van der Waals surface area contributed by atoms with Crippen LogP contribution in [0.4, 0.5) is 0 Å². The van der Waals surface area contributed by atoms with Crippen molar-refractivity contribution < 1.29 is 14.3 Å². The number of hydrogen-bond acceptors (Lipinski definition) is 5. The average molecular weight is 415 g/mol. The lowest BCUT2D eigenvalue weighted by Crippen LogP contribution is -2.17. The molecule has 7 heteroatoms. The van der Waals surface area contributed by atoms with E-state index in [1.54, 1.807) is 41.8 Å². The first-order valence-corrected chi connectivity index (χ1v) is 9.93. The summed E-state index contributed by atoms with van der Waals surface area (Å²) < 4.78 is 11.5. The minimum absolute atomic E-state index is 0.369. The number of ether oxygens (including phenoxy) is 2. The fourth-order valence-electron chi connectivity index (χ4n) is 2.41. The Labute approximate surface area is 172 Å². The molecule has 0 fully saturated rings. The summed E-state index contributed by atoms with van der Waals surface area (Å²) in [6.45, 7) is 2.91. The molecule has 0 unspecified atom stereocenters. The number of benzene rings is 2. The Balaban J connectivity index is 1.66. The summed E-state index contributed by atoms with van der Waals surface area (Å²) in [6.07, 6.45) is 1.54. The van der Waals surface area contributed by atoms with Gasteiger partial charge in [0.25, 0.3) is 5.91 Å². The zero-order valence-electron chi connectivity index (χ0n) is 15.2. The summed E-state index contributed by atoms with van der Waals surface area (Å²) in [5.41, 5.74) is 3.61. The predicted molar refractivity (Wildman–Crippen MR) is 113 cm³/mol. The second-order valence-electron chi connectivity index (χ2n) is 5.69. The third-order valence-corrected chi connectivity index (χ3v) is 4.90. The smallest absolute Gasteiger partial charge is 0.272 e. The third kappa shape index (κ3) is 5.34. The fraction of sp³-hybridized carbons (Fsp3) is 0.143. The van der Waals surface area contributed by atoms with Gasteiger partial charge in [-0.05, 0) is 54.3 Å². The van der Waals surface area contributed by atoms with Crippen molar-refractivity contribution in [2.75, 3.05) is 6.61 Å². The van der Waals surface area contributed by atoms with Crippen LogP contribution in [-0.2, 0) is 6.61 Å². The Bertz CT molecular complexity index is 958. The van der Waals surface area contributed by atoms with E-state index in [1.165, 1.54) is 0 Å². The van der Waals surface area contributed by atoms with E-state index >= 15 is 0 Å². The van der Waals surface area contributed by atoms with Crippen LogP contribution in [0, 0.1) is 0 Å². The number of hydrogen-bond donors (Lipinski definition) is 1. The van der Waals surface area contributed by atoms with Crippen LogP contribution in [0.5, 0.6) is 11.5 Å². The fourth-order valence-corrected chi connectivity index (χ4v) is 3.24. The second-order valence-corrected chi connectivity index (χ2v) is 7.13. The van der Waals surface area contributed by atoms with E-state index in [1.807, 2.05) is 42.6 Å². The first-order valence-electron chi connectivity index (χ1n) is 8.67. The van der Waals surface area contributed by atoms with Crippen LogP contribution < -0.4 is 14.9 Å². The molecule has 0 aliphatic heterocycles. The zero-order chi connectivity index (χ0) is 19.8. The van der Waals surface area contributed by atoms with Crippen LogP contribution in [0.1, 0.15) is 27.7 Å². The van der Waals surface area contributed by atoms with Crippen molar-refractivity contribution >= 4 is 35.1 Å². The molecular formula is C21H19ClN2O3S. The summed E-state index contributed by atoms with van der Waals surface area (Å²) in [5.74, 6) is 0.913. The number of nitrogens with zero attached hydrogens (tertiary/aromatic N) is 1. The van der Waals surface area contributed by atoms with Gasteiger partial charge in [-0.2, -0.15) is 5.10 Å². The van der Waals surface area contributed by atoms with Crippen molar-refractivity contribution in [3.8, 4) is 11.5 Å². The highest BCUT2D eigenvalue weighted by Crippen LogP contribution is 2.29. The first kappa shape index (κ1) is 19.9. The summed E-state index contributed by atoms with van der Waals surface area (Å²) in [5, 5.41) is 6.39. The first-order chi connectivity index (χ1) is 13.7. The van der Waals surface area contributed by atoms with Crippen molar-refractivity contribution in [3.63, 3.8) is 0 Å². The van der Waals surface area contributed by atoms with Crippen LogP contribution in [0.3, 0.4) is 0 Å². The summed E-state index contributed by atoms with van der Waals surface area (Å²) in [4.78, 5) is 13.3. The number of rotatable bonds is 8. The number of carbonyl (C=O) groups excluding carboxylic acids is 1. The highest BCUT2D eigenvalue weighted by atomic mass is 35.5. The summed E-state index contributed by atoms with van der Waals surface area (Å²) in [6, 6.07) is 16.3. The van der Waals surface area contributed by atoms with Gasteiger partial charge in [-0.15, -0.1) is 11.3 Å². The Morgan fingerprint density at radius 3 is 2.75 bits per heavy atom. The number of thiophene rings is 1. The van der Waals surface area contributed by atoms with Gasteiger partial charge in [0.15, 0.2) is 11.5 Å². The highest BCUT2D eigenvalue weighted by Gasteiger charge is 2.09. The molecule has 0 saturated carbocycles. The molecule has 28 heavy (non-hydrogen) atoms. The van der Waals surface area contributed by atoms with Crippen LogP contribution in [0.25, 0.3) is 0 Å². The maximum Gasteiger partial charge on any atom is 0.272 e. The number of amides is 1. The van der Waals surface area contributed by atoms with E-state index in [9.17, 15) is 4.79 Å². The number of halogens is 1. The van der Waals surface area contributed by atoms with Crippen LogP contribution in [0.15, 0.2) is 65.1 Å². The Kier molecular flexibility index (Phi) is 7.06. The van der Waals surface area contributed by atoms with E-state index in [-0.39, 0.29) is 5.91 Å². The van der Waals surface area contributed by atoms with Gasteiger partial charge in [-0.25, -0.2) is 5.43 Å². The van der Waals surface area contributed by atoms with Gasteiger partial charge in [-0.1, -0.05) is 29.8 Å². The van der Waals surface area contributed by atoms with Gasteiger partial charge in [0.1, 0.15) is 6.61 Å². The van der Waals surface area contributed by atoms with E-state index < -0.39 is 0 Å². The van der Waals surface area contributed by atoms with E-state index in [4.69, 9.17) is 21.1 Å². The van der Waals surface area contributed by atoms with Crippen LogP contribution in [-0.4, -0.2) is 18.7 Å². The SMILES string of the molecule is CCOc1cc(/C=N\NC(=O)c2ccccc2Cl)ccc1OCc1cccs1. The molecule has 3 aromatic rings. The topological polar surface area (TPSA) is 59.9 Å². The van der Waals surface area contributed by atoms with E-state index in [2.05, 4.69) is 10.5 Å². The van der Waals surface area contributed by atoms with Crippen molar-refractivity contribution in [3.05, 3.63) is 81.0 Å². The largest absolute Gasteiger partial charge is 0.490 e. The lowest BCUT2D eigenvalue weighted by Gasteiger charge is -2.12. The van der Waals surface area contributed by atoms with Crippen molar-refractivity contribution in [1.82, 2.24) is 5.43 Å². The van der Waals surface area contributed by atoms with Gasteiger partial charge in [-0.3, -0.25) is 4.79 Å². The standard InChI is InChI=1S/C21H19ClN2O3S/c1-2-26-20-12-15(9-10-19(20)27-14-16-6-5-11-28-16)13-23-24-21(25)17-7-3-4-8-18(17)22/h3-13H,2,14H2,1H3,(H,24,25)/b23-13-. The number of nitrogens with one attached hydrogen (secondary N) is 1. The van der Waals surface area contributed by atoms with E-state index in [0.717, 1.165) is 10.4 Å². The molecule has 5 nitrogen and oxygen atoms in total. The van der Waals surface area contributed by atoms with Gasteiger partial charge < -0.3 is 9.47 Å². The minimum atomic E-state index is -0.372. The molecule has 1 N–H and O–H groups in total.